The molecular formula is C13H10N2. The monoisotopic (exact) mass is 194 g/mol. The van der Waals surface area contributed by atoms with Gasteiger partial charge in [0.1, 0.15) is 0 Å². The lowest BCUT2D eigenvalue weighted by Gasteiger charge is -2.03. The number of benzene rings is 1. The Kier molecular flexibility index (Phi) is 2.47. The summed E-state index contributed by atoms with van der Waals surface area (Å²) < 4.78 is 0. The second-order valence-electron chi connectivity index (χ2n) is 3.35. The molecule has 0 aliphatic carbocycles. The lowest BCUT2D eigenvalue weighted by molar-refractivity contribution is 1.20. The molecule has 0 atom stereocenters. The number of aromatic nitrogens is 1. The van der Waals surface area contributed by atoms with E-state index >= 15 is 0 Å². The van der Waals surface area contributed by atoms with Crippen molar-refractivity contribution in [3.8, 4) is 17.2 Å². The maximum absolute atomic E-state index is 8.96. The Morgan fingerprint density at radius 1 is 1.13 bits per heavy atom. The van der Waals surface area contributed by atoms with E-state index in [1.807, 2.05) is 43.3 Å². The van der Waals surface area contributed by atoms with Crippen LogP contribution in [0.5, 0.6) is 0 Å². The Morgan fingerprint density at radius 2 is 1.93 bits per heavy atom. The van der Waals surface area contributed by atoms with Crippen LogP contribution in [0.1, 0.15) is 11.3 Å². The van der Waals surface area contributed by atoms with Gasteiger partial charge in [0.25, 0.3) is 0 Å². The molecule has 2 nitrogen and oxygen atoms in total. The normalized spacial score (nSPS) is 9.60. The second kappa shape index (κ2) is 3.93. The molecule has 72 valence electrons. The predicted molar refractivity (Wildman–Crippen MR) is 59.1 cm³/mol. The van der Waals surface area contributed by atoms with Crippen molar-refractivity contribution in [1.82, 2.24) is 4.98 Å². The van der Waals surface area contributed by atoms with Gasteiger partial charge in [0.05, 0.1) is 11.6 Å². The van der Waals surface area contributed by atoms with Crippen molar-refractivity contribution >= 4 is 0 Å². The van der Waals surface area contributed by atoms with Crippen LogP contribution in [0.3, 0.4) is 0 Å². The number of nitrogens with zero attached hydrogens (tertiary/aromatic N) is 2. The summed E-state index contributed by atoms with van der Waals surface area (Å²) in [5.74, 6) is 0. The van der Waals surface area contributed by atoms with E-state index in [-0.39, 0.29) is 0 Å². The smallest absolute Gasteiger partial charge is 0.0998 e. The standard InChI is InChI=1S/C13H10N2/c1-10-6-7-12(9-15-10)13-5-3-2-4-11(13)8-14/h2-7,9H,1H3. The molecule has 2 heteroatoms. The highest BCUT2D eigenvalue weighted by molar-refractivity contribution is 5.69. The molecule has 15 heavy (non-hydrogen) atoms. The first-order chi connectivity index (χ1) is 7.31. The Balaban J connectivity index is 2.55. The Hall–Kier alpha value is -2.14. The minimum atomic E-state index is 0.683. The predicted octanol–water partition coefficient (Wildman–Crippen LogP) is 2.93. The summed E-state index contributed by atoms with van der Waals surface area (Å²) in [5.41, 5.74) is 3.58. The average Bonchev–Trinajstić information content (AvgIpc) is 2.30. The quantitative estimate of drug-likeness (QED) is 0.699. The highest BCUT2D eigenvalue weighted by Gasteiger charge is 2.03. The third-order valence-corrected chi connectivity index (χ3v) is 2.27. The maximum Gasteiger partial charge on any atom is 0.0998 e. The van der Waals surface area contributed by atoms with Crippen molar-refractivity contribution in [1.29, 1.82) is 5.26 Å². The van der Waals surface area contributed by atoms with Gasteiger partial charge in [0.15, 0.2) is 0 Å². The van der Waals surface area contributed by atoms with E-state index < -0.39 is 0 Å². The van der Waals surface area contributed by atoms with Crippen molar-refractivity contribution in [2.24, 2.45) is 0 Å². The van der Waals surface area contributed by atoms with Crippen LogP contribution >= 0.6 is 0 Å². The SMILES string of the molecule is Cc1ccc(-c2ccccc2C#N)cn1. The zero-order chi connectivity index (χ0) is 10.7. The van der Waals surface area contributed by atoms with E-state index in [1.54, 1.807) is 6.20 Å². The van der Waals surface area contributed by atoms with Gasteiger partial charge in [-0.3, -0.25) is 4.98 Å². The first kappa shape index (κ1) is 9.42. The van der Waals surface area contributed by atoms with E-state index in [9.17, 15) is 0 Å². The zero-order valence-corrected chi connectivity index (χ0v) is 8.44. The molecule has 0 saturated heterocycles. The van der Waals surface area contributed by atoms with Gasteiger partial charge in [-0.05, 0) is 19.1 Å². The minimum Gasteiger partial charge on any atom is -0.261 e. The van der Waals surface area contributed by atoms with Crippen molar-refractivity contribution in [3.05, 3.63) is 53.9 Å². The Morgan fingerprint density at radius 3 is 2.60 bits per heavy atom. The van der Waals surface area contributed by atoms with Crippen LogP contribution < -0.4 is 0 Å². The van der Waals surface area contributed by atoms with Crippen LogP contribution in [0.2, 0.25) is 0 Å². The molecule has 0 amide bonds. The Labute approximate surface area is 88.8 Å². The molecule has 0 saturated carbocycles. The molecule has 0 aliphatic heterocycles. The molecule has 2 aromatic rings. The van der Waals surface area contributed by atoms with E-state index in [0.717, 1.165) is 16.8 Å². The molecule has 0 radical (unpaired) electrons. The average molecular weight is 194 g/mol. The molecular weight excluding hydrogens is 184 g/mol. The first-order valence-electron chi connectivity index (χ1n) is 4.73. The molecule has 0 aliphatic rings. The number of aryl methyl sites for hydroxylation is 1. The van der Waals surface area contributed by atoms with Crippen LogP contribution in [0.25, 0.3) is 11.1 Å². The van der Waals surface area contributed by atoms with Gasteiger partial charge in [0, 0.05) is 23.0 Å². The number of nitriles is 1. The van der Waals surface area contributed by atoms with Gasteiger partial charge in [-0.2, -0.15) is 5.26 Å². The first-order valence-corrected chi connectivity index (χ1v) is 4.73. The lowest BCUT2D eigenvalue weighted by atomic mass is 10.0. The van der Waals surface area contributed by atoms with E-state index in [1.165, 1.54) is 0 Å². The molecule has 1 aromatic carbocycles. The van der Waals surface area contributed by atoms with Crippen molar-refractivity contribution in [2.75, 3.05) is 0 Å². The summed E-state index contributed by atoms with van der Waals surface area (Å²) in [6.07, 6.45) is 1.80. The molecule has 0 bridgehead atoms. The number of rotatable bonds is 1. The fourth-order valence-electron chi connectivity index (χ4n) is 1.46. The van der Waals surface area contributed by atoms with Crippen LogP contribution in [0.4, 0.5) is 0 Å². The third-order valence-electron chi connectivity index (χ3n) is 2.27. The van der Waals surface area contributed by atoms with Gasteiger partial charge >= 0.3 is 0 Å². The molecule has 0 unspecified atom stereocenters. The third kappa shape index (κ3) is 1.87. The fourth-order valence-corrected chi connectivity index (χ4v) is 1.46. The van der Waals surface area contributed by atoms with Gasteiger partial charge in [-0.15, -0.1) is 0 Å². The molecule has 1 aromatic heterocycles. The van der Waals surface area contributed by atoms with Crippen LogP contribution in [0, 0.1) is 18.3 Å². The zero-order valence-electron chi connectivity index (χ0n) is 8.44. The van der Waals surface area contributed by atoms with Gasteiger partial charge in [0.2, 0.25) is 0 Å². The summed E-state index contributed by atoms with van der Waals surface area (Å²) in [6.45, 7) is 1.94. The fraction of sp³-hybridized carbons (Fsp3) is 0.0769. The van der Waals surface area contributed by atoms with Crippen molar-refractivity contribution in [3.63, 3.8) is 0 Å². The van der Waals surface area contributed by atoms with Crippen LogP contribution in [0.15, 0.2) is 42.6 Å². The molecule has 0 N–H and O–H groups in total. The number of hydrogen-bond donors (Lipinski definition) is 0. The lowest BCUT2D eigenvalue weighted by Crippen LogP contribution is -1.86. The van der Waals surface area contributed by atoms with E-state index in [0.29, 0.717) is 5.56 Å². The largest absolute Gasteiger partial charge is 0.261 e. The van der Waals surface area contributed by atoms with Crippen molar-refractivity contribution < 1.29 is 0 Å². The van der Waals surface area contributed by atoms with Crippen LogP contribution in [-0.4, -0.2) is 4.98 Å². The van der Waals surface area contributed by atoms with Gasteiger partial charge in [-0.25, -0.2) is 0 Å². The summed E-state index contributed by atoms with van der Waals surface area (Å²) in [4.78, 5) is 4.22. The second-order valence-corrected chi connectivity index (χ2v) is 3.35. The summed E-state index contributed by atoms with van der Waals surface area (Å²) in [7, 11) is 0. The van der Waals surface area contributed by atoms with E-state index in [4.69, 9.17) is 5.26 Å². The van der Waals surface area contributed by atoms with Gasteiger partial charge < -0.3 is 0 Å². The molecule has 0 spiro atoms. The highest BCUT2D eigenvalue weighted by Crippen LogP contribution is 2.22. The number of hydrogen-bond acceptors (Lipinski definition) is 2. The Bertz CT molecular complexity index is 507. The van der Waals surface area contributed by atoms with E-state index in [2.05, 4.69) is 11.1 Å². The highest BCUT2D eigenvalue weighted by atomic mass is 14.7. The summed E-state index contributed by atoms with van der Waals surface area (Å²) in [5, 5.41) is 8.96. The molecule has 0 fully saturated rings. The number of pyridine rings is 1. The van der Waals surface area contributed by atoms with Crippen molar-refractivity contribution in [2.45, 2.75) is 6.92 Å². The molecule has 2 rings (SSSR count). The van der Waals surface area contributed by atoms with Crippen LogP contribution in [-0.2, 0) is 0 Å². The molecule has 1 heterocycles. The summed E-state index contributed by atoms with van der Waals surface area (Å²) >= 11 is 0. The summed E-state index contributed by atoms with van der Waals surface area (Å²) in [6, 6.07) is 13.7. The van der Waals surface area contributed by atoms with Gasteiger partial charge in [-0.1, -0.05) is 24.3 Å². The topological polar surface area (TPSA) is 36.7 Å². The minimum absolute atomic E-state index is 0.683. The maximum atomic E-state index is 8.96.